The Hall–Kier alpha value is -2.50. The van der Waals surface area contributed by atoms with E-state index in [0.717, 1.165) is 22.9 Å². The maximum atomic E-state index is 11.6. The van der Waals surface area contributed by atoms with Crippen LogP contribution in [0.25, 0.3) is 10.9 Å². The number of carbonyl (C=O) groups is 1. The fourth-order valence-corrected chi connectivity index (χ4v) is 3.22. The minimum atomic E-state index is -0.861. The number of hydrogen-bond donors (Lipinski definition) is 3. The number of carbonyl (C=O) groups excluding carboxylic acids is 1. The molecule has 1 heterocycles. The standard InChI is InChI=1S/C17H24N4O6S/c1-13(22)20(28-10-9-27-21(24)25)8-7-18-11-14(23)12-26-17-4-2-3-16-15(17)5-6-19-16/h2-6,14,18-19,23H,7-12H2,1H3. The monoisotopic (exact) mass is 412 g/mol. The maximum Gasteiger partial charge on any atom is 0.294 e. The van der Waals surface area contributed by atoms with Gasteiger partial charge in [-0.15, -0.1) is 10.1 Å². The molecule has 154 valence electrons. The molecule has 2 rings (SSSR count). The molecule has 1 aromatic carbocycles. The first kappa shape index (κ1) is 21.8. The predicted octanol–water partition coefficient (Wildman–Crippen LogP) is 1.20. The van der Waals surface area contributed by atoms with Gasteiger partial charge in [0.05, 0.1) is 0 Å². The minimum Gasteiger partial charge on any atom is -0.490 e. The summed E-state index contributed by atoms with van der Waals surface area (Å²) in [5.74, 6) is 0.840. The summed E-state index contributed by atoms with van der Waals surface area (Å²) in [5.41, 5.74) is 0.968. The zero-order valence-electron chi connectivity index (χ0n) is 15.5. The SMILES string of the molecule is CC(=O)N(CCNCC(O)COc1cccc2[nH]ccc12)SCCO[N+](=O)[O-]. The number of benzene rings is 1. The molecule has 0 bridgehead atoms. The summed E-state index contributed by atoms with van der Waals surface area (Å²) in [6.07, 6.45) is 1.12. The fourth-order valence-electron chi connectivity index (χ4n) is 2.45. The van der Waals surface area contributed by atoms with E-state index in [1.165, 1.54) is 11.2 Å². The van der Waals surface area contributed by atoms with Crippen molar-refractivity contribution in [1.29, 1.82) is 0 Å². The fraction of sp³-hybridized carbons (Fsp3) is 0.471. The molecule has 0 aliphatic rings. The van der Waals surface area contributed by atoms with E-state index in [9.17, 15) is 20.0 Å². The Morgan fingerprint density at radius 3 is 3.04 bits per heavy atom. The number of ether oxygens (including phenoxy) is 1. The van der Waals surface area contributed by atoms with E-state index >= 15 is 0 Å². The molecule has 0 fully saturated rings. The summed E-state index contributed by atoms with van der Waals surface area (Å²) in [4.78, 5) is 29.0. The second-order valence-corrected chi connectivity index (χ2v) is 6.98. The van der Waals surface area contributed by atoms with Gasteiger partial charge in [-0.3, -0.25) is 9.10 Å². The van der Waals surface area contributed by atoms with Crippen LogP contribution in [0.1, 0.15) is 6.92 Å². The van der Waals surface area contributed by atoms with Crippen LogP contribution in [0.5, 0.6) is 5.75 Å². The van der Waals surface area contributed by atoms with Gasteiger partial charge in [-0.25, -0.2) is 0 Å². The summed E-state index contributed by atoms with van der Waals surface area (Å²) < 4.78 is 7.18. The van der Waals surface area contributed by atoms with Crippen LogP contribution >= 0.6 is 11.9 Å². The molecule has 3 N–H and O–H groups in total. The Bertz CT molecular complexity index is 771. The number of aromatic amines is 1. The summed E-state index contributed by atoms with van der Waals surface area (Å²) >= 11 is 1.16. The molecule has 1 aromatic heterocycles. The largest absolute Gasteiger partial charge is 0.490 e. The first-order valence-electron chi connectivity index (χ1n) is 8.73. The van der Waals surface area contributed by atoms with E-state index in [0.29, 0.717) is 31.1 Å². The van der Waals surface area contributed by atoms with Gasteiger partial charge in [0.2, 0.25) is 5.91 Å². The molecule has 0 aliphatic carbocycles. The van der Waals surface area contributed by atoms with Crippen LogP contribution in [0.2, 0.25) is 0 Å². The molecular weight excluding hydrogens is 388 g/mol. The van der Waals surface area contributed by atoms with Crippen molar-refractivity contribution in [2.45, 2.75) is 13.0 Å². The number of fused-ring (bicyclic) bond motifs is 1. The molecule has 10 nitrogen and oxygen atoms in total. The number of nitrogens with one attached hydrogen (secondary N) is 2. The van der Waals surface area contributed by atoms with E-state index in [4.69, 9.17) is 4.74 Å². The third-order valence-electron chi connectivity index (χ3n) is 3.74. The molecule has 28 heavy (non-hydrogen) atoms. The quantitative estimate of drug-likeness (QED) is 0.194. The molecular formula is C17H24N4O6S. The molecule has 0 aliphatic heterocycles. The van der Waals surface area contributed by atoms with E-state index in [-0.39, 0.29) is 19.1 Å². The zero-order chi connectivity index (χ0) is 20.4. The Kier molecular flexibility index (Phi) is 8.85. The van der Waals surface area contributed by atoms with E-state index in [1.54, 1.807) is 0 Å². The van der Waals surface area contributed by atoms with Crippen molar-refractivity contribution in [2.75, 3.05) is 38.6 Å². The third-order valence-corrected chi connectivity index (χ3v) is 4.84. The van der Waals surface area contributed by atoms with Gasteiger partial charge < -0.3 is 25.0 Å². The van der Waals surface area contributed by atoms with Gasteiger partial charge in [0.1, 0.15) is 25.1 Å². The van der Waals surface area contributed by atoms with E-state index in [2.05, 4.69) is 15.1 Å². The zero-order valence-corrected chi connectivity index (χ0v) is 16.3. The summed E-state index contributed by atoms with van der Waals surface area (Å²) in [7, 11) is 0. The number of nitrogens with zero attached hydrogens (tertiary/aromatic N) is 2. The van der Waals surface area contributed by atoms with Gasteiger partial charge in [0.15, 0.2) is 0 Å². The first-order chi connectivity index (χ1) is 13.5. The Balaban J connectivity index is 1.64. The lowest BCUT2D eigenvalue weighted by molar-refractivity contribution is -0.756. The Labute approximate surface area is 166 Å². The smallest absolute Gasteiger partial charge is 0.294 e. The number of aromatic nitrogens is 1. The number of aliphatic hydroxyl groups is 1. The van der Waals surface area contributed by atoms with Crippen molar-refractivity contribution in [1.82, 2.24) is 14.6 Å². The van der Waals surface area contributed by atoms with Crippen molar-refractivity contribution < 1.29 is 24.6 Å². The van der Waals surface area contributed by atoms with Gasteiger partial charge >= 0.3 is 0 Å². The van der Waals surface area contributed by atoms with E-state index in [1.807, 2.05) is 30.5 Å². The van der Waals surface area contributed by atoms with Crippen LogP contribution in [0, 0.1) is 10.1 Å². The summed E-state index contributed by atoms with van der Waals surface area (Å²) in [6.45, 7) is 2.65. The second-order valence-electron chi connectivity index (χ2n) is 5.88. The number of aliphatic hydroxyl groups excluding tert-OH is 1. The van der Waals surface area contributed by atoms with Gasteiger partial charge in [-0.2, -0.15) is 0 Å². The number of amides is 1. The van der Waals surface area contributed by atoms with Gasteiger partial charge in [-0.05, 0) is 30.1 Å². The molecule has 0 radical (unpaired) electrons. The summed E-state index contributed by atoms with van der Waals surface area (Å²) in [6, 6.07) is 7.59. The van der Waals surface area contributed by atoms with Crippen molar-refractivity contribution in [2.24, 2.45) is 0 Å². The van der Waals surface area contributed by atoms with Crippen molar-refractivity contribution in [3.63, 3.8) is 0 Å². The molecule has 0 spiro atoms. The molecule has 2 aromatic rings. The molecule has 1 unspecified atom stereocenters. The molecule has 0 saturated heterocycles. The number of rotatable bonds is 13. The molecule has 0 saturated carbocycles. The minimum absolute atomic E-state index is 0.0845. The van der Waals surface area contributed by atoms with Crippen LogP contribution in [0.15, 0.2) is 30.5 Å². The Morgan fingerprint density at radius 1 is 1.46 bits per heavy atom. The maximum absolute atomic E-state index is 11.6. The average Bonchev–Trinajstić information content (AvgIpc) is 3.13. The van der Waals surface area contributed by atoms with Crippen LogP contribution in [-0.4, -0.2) is 70.1 Å². The van der Waals surface area contributed by atoms with Gasteiger partial charge in [-0.1, -0.05) is 6.07 Å². The first-order valence-corrected chi connectivity index (χ1v) is 9.67. The van der Waals surface area contributed by atoms with Gasteiger partial charge in [0.25, 0.3) is 5.09 Å². The van der Waals surface area contributed by atoms with Gasteiger partial charge in [0, 0.05) is 49.4 Å². The second kappa shape index (κ2) is 11.4. The lowest BCUT2D eigenvalue weighted by Gasteiger charge is -2.20. The molecule has 1 amide bonds. The van der Waals surface area contributed by atoms with Crippen LogP contribution < -0.4 is 10.1 Å². The van der Waals surface area contributed by atoms with Crippen molar-refractivity contribution in [3.8, 4) is 5.75 Å². The number of H-pyrrole nitrogens is 1. The Morgan fingerprint density at radius 2 is 2.29 bits per heavy atom. The van der Waals surface area contributed by atoms with Crippen molar-refractivity contribution in [3.05, 3.63) is 40.6 Å². The third kappa shape index (κ3) is 7.25. The average molecular weight is 412 g/mol. The molecule has 1 atom stereocenters. The highest BCUT2D eigenvalue weighted by Crippen LogP contribution is 2.24. The normalized spacial score (nSPS) is 11.9. The van der Waals surface area contributed by atoms with Crippen LogP contribution in [-0.2, 0) is 9.63 Å². The molecule has 11 heteroatoms. The van der Waals surface area contributed by atoms with E-state index < -0.39 is 11.2 Å². The van der Waals surface area contributed by atoms with Crippen LogP contribution in [0.4, 0.5) is 0 Å². The number of hydrogen-bond acceptors (Lipinski definition) is 8. The highest BCUT2D eigenvalue weighted by atomic mass is 32.2. The highest BCUT2D eigenvalue weighted by Gasteiger charge is 2.11. The lowest BCUT2D eigenvalue weighted by Crippen LogP contribution is -2.36. The predicted molar refractivity (Wildman–Crippen MR) is 105 cm³/mol. The topological polar surface area (TPSA) is 130 Å². The van der Waals surface area contributed by atoms with Crippen LogP contribution in [0.3, 0.4) is 0 Å². The van der Waals surface area contributed by atoms with Crippen molar-refractivity contribution >= 4 is 28.8 Å². The lowest BCUT2D eigenvalue weighted by atomic mass is 10.2. The highest BCUT2D eigenvalue weighted by molar-refractivity contribution is 7.97. The summed E-state index contributed by atoms with van der Waals surface area (Å²) in [5, 5.41) is 23.3.